The van der Waals surface area contributed by atoms with Crippen molar-refractivity contribution in [1.29, 1.82) is 0 Å². The van der Waals surface area contributed by atoms with Crippen LogP contribution in [0.3, 0.4) is 0 Å². The highest BCUT2D eigenvalue weighted by Gasteiger charge is 2.33. The molecule has 0 saturated heterocycles. The molecule has 0 N–H and O–H groups in total. The monoisotopic (exact) mass is 494 g/mol. The summed E-state index contributed by atoms with van der Waals surface area (Å²) in [5.74, 6) is -0.761. The number of carbonyl (C=O) groups is 1. The van der Waals surface area contributed by atoms with E-state index in [9.17, 15) is 27.7 Å². The molecule has 178 valence electrons. The van der Waals surface area contributed by atoms with Gasteiger partial charge < -0.3 is 4.42 Å². The number of carbonyl (C=O) groups excluding carboxylic acids is 1. The van der Waals surface area contributed by atoms with Gasteiger partial charge in [0.1, 0.15) is 17.2 Å². The molecule has 8 nitrogen and oxygen atoms in total. The number of hydrogen-bond donors (Lipinski definition) is 0. The Morgan fingerprint density at radius 1 is 1.00 bits per heavy atom. The SMILES string of the molecule is O=C(c1cccc([N+](=O)[O-])c1)N(c1ccc2oc3c(c2c1)CCCC3)S(=O)(=O)c1ccc(F)cc1. The molecule has 10 heteroatoms. The van der Waals surface area contributed by atoms with Gasteiger partial charge in [0.05, 0.1) is 15.5 Å². The van der Waals surface area contributed by atoms with Crippen molar-refractivity contribution in [2.45, 2.75) is 30.6 Å². The first-order chi connectivity index (χ1) is 16.8. The van der Waals surface area contributed by atoms with Crippen LogP contribution in [0, 0.1) is 15.9 Å². The fourth-order valence-electron chi connectivity index (χ4n) is 4.32. The highest BCUT2D eigenvalue weighted by Crippen LogP contribution is 2.36. The Balaban J connectivity index is 1.69. The minimum Gasteiger partial charge on any atom is -0.461 e. The summed E-state index contributed by atoms with van der Waals surface area (Å²) in [5.41, 5.74) is 1.08. The number of aryl methyl sites for hydroxylation is 2. The molecule has 4 aromatic rings. The molecule has 1 aliphatic carbocycles. The van der Waals surface area contributed by atoms with Gasteiger partial charge in [-0.15, -0.1) is 0 Å². The molecule has 0 bridgehead atoms. The van der Waals surface area contributed by atoms with Crippen molar-refractivity contribution >= 4 is 38.3 Å². The summed E-state index contributed by atoms with van der Waals surface area (Å²) in [6, 6.07) is 13.6. The summed E-state index contributed by atoms with van der Waals surface area (Å²) in [6.45, 7) is 0. The van der Waals surface area contributed by atoms with E-state index in [2.05, 4.69) is 0 Å². The number of hydrogen-bond acceptors (Lipinski definition) is 6. The predicted molar refractivity (Wildman–Crippen MR) is 126 cm³/mol. The van der Waals surface area contributed by atoms with Gasteiger partial charge in [-0.3, -0.25) is 14.9 Å². The average Bonchev–Trinajstić information content (AvgIpc) is 3.22. The minimum atomic E-state index is -4.51. The Labute approximate surface area is 199 Å². The highest BCUT2D eigenvalue weighted by atomic mass is 32.2. The van der Waals surface area contributed by atoms with E-state index in [-0.39, 0.29) is 21.8 Å². The number of nitro benzene ring substituents is 1. The lowest BCUT2D eigenvalue weighted by molar-refractivity contribution is -0.384. The van der Waals surface area contributed by atoms with Crippen LogP contribution in [0.2, 0.25) is 0 Å². The summed E-state index contributed by atoms with van der Waals surface area (Å²) in [4.78, 5) is 23.9. The molecule has 1 aromatic heterocycles. The zero-order valence-electron chi connectivity index (χ0n) is 18.3. The number of halogens is 1. The number of furan rings is 1. The van der Waals surface area contributed by atoms with E-state index in [4.69, 9.17) is 4.42 Å². The standard InChI is InChI=1S/C25H19FN2O6S/c26-17-8-11-20(12-9-17)35(32,33)27(25(29)16-4-3-5-19(14-16)28(30)31)18-10-13-24-22(15-18)21-6-1-2-7-23(21)34-24/h3-5,8-15H,1-2,6-7H2. The molecular weight excluding hydrogens is 475 g/mol. The number of benzene rings is 3. The Bertz CT molecular complexity index is 1580. The Kier molecular flexibility index (Phi) is 5.60. The van der Waals surface area contributed by atoms with Gasteiger partial charge in [-0.25, -0.2) is 12.8 Å². The number of anilines is 1. The van der Waals surface area contributed by atoms with E-state index < -0.39 is 26.7 Å². The Morgan fingerprint density at radius 2 is 1.74 bits per heavy atom. The quantitative estimate of drug-likeness (QED) is 0.272. The molecule has 1 aliphatic rings. The number of rotatable bonds is 5. The predicted octanol–water partition coefficient (Wildman–Crippen LogP) is 5.39. The van der Waals surface area contributed by atoms with Gasteiger partial charge in [0.2, 0.25) is 0 Å². The van der Waals surface area contributed by atoms with Crippen LogP contribution < -0.4 is 4.31 Å². The van der Waals surface area contributed by atoms with E-state index in [1.807, 2.05) is 0 Å². The molecule has 5 rings (SSSR count). The molecule has 0 saturated carbocycles. The number of nitro groups is 1. The second kappa shape index (κ2) is 8.62. The lowest BCUT2D eigenvalue weighted by Gasteiger charge is -2.23. The van der Waals surface area contributed by atoms with Crippen LogP contribution in [0.4, 0.5) is 15.8 Å². The number of sulfonamides is 1. The summed E-state index contributed by atoms with van der Waals surface area (Å²) in [6.07, 6.45) is 3.52. The van der Waals surface area contributed by atoms with Crippen molar-refractivity contribution in [3.05, 3.63) is 99.5 Å². The van der Waals surface area contributed by atoms with Gasteiger partial charge in [0.25, 0.3) is 21.6 Å². The molecule has 0 atom stereocenters. The normalized spacial score (nSPS) is 13.4. The second-order valence-electron chi connectivity index (χ2n) is 8.23. The topological polar surface area (TPSA) is 111 Å². The Morgan fingerprint density at radius 3 is 2.49 bits per heavy atom. The van der Waals surface area contributed by atoms with Gasteiger partial charge in [-0.2, -0.15) is 4.31 Å². The lowest BCUT2D eigenvalue weighted by atomic mass is 9.96. The third-order valence-electron chi connectivity index (χ3n) is 6.01. The van der Waals surface area contributed by atoms with Crippen molar-refractivity contribution < 1.29 is 26.9 Å². The maximum Gasteiger partial charge on any atom is 0.272 e. The van der Waals surface area contributed by atoms with Crippen LogP contribution in [0.1, 0.15) is 34.5 Å². The fourth-order valence-corrected chi connectivity index (χ4v) is 5.73. The second-order valence-corrected chi connectivity index (χ2v) is 10.0. The molecule has 1 amide bonds. The van der Waals surface area contributed by atoms with Gasteiger partial charge in [-0.1, -0.05) is 6.07 Å². The fraction of sp³-hybridized carbons (Fsp3) is 0.160. The third kappa shape index (κ3) is 4.06. The maximum atomic E-state index is 13.7. The van der Waals surface area contributed by atoms with Gasteiger partial charge in [-0.05, 0) is 67.8 Å². The van der Waals surface area contributed by atoms with Gasteiger partial charge in [0.15, 0.2) is 0 Å². The Hall–Kier alpha value is -4.05. The highest BCUT2D eigenvalue weighted by molar-refractivity contribution is 7.93. The van der Waals surface area contributed by atoms with Gasteiger partial charge >= 0.3 is 0 Å². The van der Waals surface area contributed by atoms with E-state index in [1.165, 1.54) is 24.3 Å². The van der Waals surface area contributed by atoms with Crippen LogP contribution in [0.15, 0.2) is 76.0 Å². The van der Waals surface area contributed by atoms with E-state index in [1.54, 1.807) is 12.1 Å². The molecule has 35 heavy (non-hydrogen) atoms. The van der Waals surface area contributed by atoms with Crippen molar-refractivity contribution in [1.82, 2.24) is 0 Å². The van der Waals surface area contributed by atoms with Crippen molar-refractivity contribution in [3.63, 3.8) is 0 Å². The molecule has 0 aliphatic heterocycles. The number of amides is 1. The smallest absolute Gasteiger partial charge is 0.272 e. The third-order valence-corrected chi connectivity index (χ3v) is 7.74. The molecule has 0 unspecified atom stereocenters. The molecular formula is C25H19FN2O6S. The lowest BCUT2D eigenvalue weighted by Crippen LogP contribution is -2.37. The molecule has 3 aromatic carbocycles. The van der Waals surface area contributed by atoms with Crippen LogP contribution >= 0.6 is 0 Å². The van der Waals surface area contributed by atoms with E-state index in [0.717, 1.165) is 67.3 Å². The first-order valence-electron chi connectivity index (χ1n) is 10.9. The molecule has 0 radical (unpaired) electrons. The molecule has 0 spiro atoms. The number of nitrogens with zero attached hydrogens (tertiary/aromatic N) is 2. The average molecular weight is 495 g/mol. The van der Waals surface area contributed by atoms with E-state index >= 15 is 0 Å². The summed E-state index contributed by atoms with van der Waals surface area (Å²) >= 11 is 0. The maximum absolute atomic E-state index is 13.7. The van der Waals surface area contributed by atoms with Gasteiger partial charge in [0, 0.05) is 35.1 Å². The van der Waals surface area contributed by atoms with Crippen molar-refractivity contribution in [2.75, 3.05) is 4.31 Å². The number of non-ortho nitro benzene ring substituents is 1. The number of fused-ring (bicyclic) bond motifs is 3. The zero-order valence-corrected chi connectivity index (χ0v) is 19.1. The minimum absolute atomic E-state index is 0.0486. The van der Waals surface area contributed by atoms with Crippen molar-refractivity contribution in [2.24, 2.45) is 0 Å². The summed E-state index contributed by atoms with van der Waals surface area (Å²) in [5, 5.41) is 11.9. The van der Waals surface area contributed by atoms with Crippen LogP contribution in [0.5, 0.6) is 0 Å². The van der Waals surface area contributed by atoms with Crippen LogP contribution in [0.25, 0.3) is 11.0 Å². The largest absolute Gasteiger partial charge is 0.461 e. The summed E-state index contributed by atoms with van der Waals surface area (Å²) in [7, 11) is -4.51. The first-order valence-corrected chi connectivity index (χ1v) is 12.3. The van der Waals surface area contributed by atoms with E-state index in [0.29, 0.717) is 15.3 Å². The molecule has 0 fully saturated rings. The van der Waals surface area contributed by atoms with Crippen molar-refractivity contribution in [3.8, 4) is 0 Å². The first kappa shape index (κ1) is 22.7. The molecule has 1 heterocycles. The zero-order chi connectivity index (χ0) is 24.7. The van der Waals surface area contributed by atoms with Crippen LogP contribution in [-0.4, -0.2) is 19.2 Å². The summed E-state index contributed by atoms with van der Waals surface area (Å²) < 4.78 is 47.3. The van der Waals surface area contributed by atoms with Crippen LogP contribution in [-0.2, 0) is 22.9 Å².